The zero-order valence-electron chi connectivity index (χ0n) is 23.2. The van der Waals surface area contributed by atoms with Gasteiger partial charge in [-0.05, 0) is 61.2 Å². The summed E-state index contributed by atoms with van der Waals surface area (Å²) in [7, 11) is -3.89. The highest BCUT2D eigenvalue weighted by atomic mass is 31.2. The van der Waals surface area contributed by atoms with Crippen LogP contribution in [-0.4, -0.2) is 65.1 Å². The third-order valence-corrected chi connectivity index (χ3v) is 7.10. The zero-order valence-corrected chi connectivity index (χ0v) is 24.1. The van der Waals surface area contributed by atoms with Crippen molar-refractivity contribution in [3.63, 3.8) is 0 Å². The molecule has 0 aromatic heterocycles. The summed E-state index contributed by atoms with van der Waals surface area (Å²) in [6.45, 7) is 3.07. The van der Waals surface area contributed by atoms with Gasteiger partial charge in [-0.1, -0.05) is 42.5 Å². The summed E-state index contributed by atoms with van der Waals surface area (Å²) in [6.07, 6.45) is -0.00951. The van der Waals surface area contributed by atoms with E-state index in [9.17, 15) is 24.8 Å². The van der Waals surface area contributed by atoms with Crippen molar-refractivity contribution in [2.24, 2.45) is 0 Å². The summed E-state index contributed by atoms with van der Waals surface area (Å²) in [5, 5.41) is 32.3. The number of aliphatic hydroxyl groups is 2. The summed E-state index contributed by atoms with van der Waals surface area (Å²) in [6, 6.07) is 21.6. The van der Waals surface area contributed by atoms with E-state index in [4.69, 9.17) is 18.7 Å². The summed E-state index contributed by atoms with van der Waals surface area (Å²) < 4.78 is 34.0. The van der Waals surface area contributed by atoms with Crippen LogP contribution in [0.1, 0.15) is 30.0 Å². The molecule has 0 amide bonds. The van der Waals surface area contributed by atoms with Crippen LogP contribution in [0.2, 0.25) is 0 Å². The number of benzene rings is 3. The van der Waals surface area contributed by atoms with Gasteiger partial charge in [0.05, 0.1) is 19.8 Å². The van der Waals surface area contributed by atoms with Crippen LogP contribution in [0.3, 0.4) is 0 Å². The molecule has 5 N–H and O–H groups in total. The fraction of sp³-hybridized carbons (Fsp3) is 0.400. The molecule has 3 unspecified atom stereocenters. The van der Waals surface area contributed by atoms with E-state index in [-0.39, 0.29) is 31.6 Å². The Kier molecular flexibility index (Phi) is 13.6. The molecule has 224 valence electrons. The third-order valence-electron chi connectivity index (χ3n) is 6.06. The molecule has 0 bridgehead atoms. The first-order valence-electron chi connectivity index (χ1n) is 13.5. The lowest BCUT2D eigenvalue weighted by atomic mass is 10.1. The van der Waals surface area contributed by atoms with Gasteiger partial charge in [-0.2, -0.15) is 0 Å². The summed E-state index contributed by atoms with van der Waals surface area (Å²) >= 11 is 0. The second kappa shape index (κ2) is 17.1. The highest BCUT2D eigenvalue weighted by Crippen LogP contribution is 2.42. The van der Waals surface area contributed by atoms with E-state index in [2.05, 4.69) is 5.32 Å². The van der Waals surface area contributed by atoms with Crippen LogP contribution in [-0.2, 0) is 33.5 Å². The van der Waals surface area contributed by atoms with Crippen LogP contribution >= 0.6 is 7.60 Å². The van der Waals surface area contributed by atoms with Crippen molar-refractivity contribution in [1.82, 2.24) is 5.32 Å². The van der Waals surface area contributed by atoms with Crippen molar-refractivity contribution in [2.75, 3.05) is 32.7 Å². The van der Waals surface area contributed by atoms with E-state index in [1.165, 1.54) is 12.1 Å². The minimum Gasteiger partial charge on any atom is -0.508 e. The summed E-state index contributed by atoms with van der Waals surface area (Å²) in [5.74, 6) is 0.907. The maximum atomic E-state index is 12.3. The lowest BCUT2D eigenvalue weighted by molar-refractivity contribution is 0.104. The number of nitrogens with one attached hydrogen (secondary N) is 1. The Morgan fingerprint density at radius 2 is 1.66 bits per heavy atom. The fourth-order valence-corrected chi connectivity index (χ4v) is 4.64. The Balaban J connectivity index is 1.28. The van der Waals surface area contributed by atoms with Crippen LogP contribution in [0, 0.1) is 0 Å². The number of rotatable bonds is 19. The van der Waals surface area contributed by atoms with E-state index in [1.54, 1.807) is 18.2 Å². The molecule has 0 spiro atoms. The highest BCUT2D eigenvalue weighted by Gasteiger charge is 2.20. The van der Waals surface area contributed by atoms with Gasteiger partial charge >= 0.3 is 7.60 Å². The van der Waals surface area contributed by atoms with Crippen molar-refractivity contribution in [3.8, 4) is 17.2 Å². The molecule has 0 saturated carbocycles. The second-order valence-electron chi connectivity index (χ2n) is 9.71. The predicted octanol–water partition coefficient (Wildman–Crippen LogP) is 3.99. The number of phenols is 1. The molecule has 0 fully saturated rings. The fourth-order valence-electron chi connectivity index (χ4n) is 3.84. The smallest absolute Gasteiger partial charge is 0.365 e. The van der Waals surface area contributed by atoms with Gasteiger partial charge in [0.2, 0.25) is 0 Å². The molecule has 3 rings (SSSR count). The SMILES string of the molecule is CC(Cc1ccc(OCP(=O)(O)OCCCOCc2ccccc2)cc1)NCC(O)COc1ccc(O)c(CO)c1. The van der Waals surface area contributed by atoms with Crippen molar-refractivity contribution in [2.45, 2.75) is 45.1 Å². The molecule has 10 nitrogen and oxygen atoms in total. The predicted molar refractivity (Wildman–Crippen MR) is 155 cm³/mol. The van der Waals surface area contributed by atoms with Crippen molar-refractivity contribution in [3.05, 3.63) is 89.5 Å². The number of aromatic hydroxyl groups is 1. The van der Waals surface area contributed by atoms with Crippen molar-refractivity contribution >= 4 is 7.60 Å². The maximum Gasteiger partial charge on any atom is 0.365 e. The Morgan fingerprint density at radius 3 is 2.39 bits per heavy atom. The normalized spacial score (nSPS) is 14.2. The molecule has 3 aromatic carbocycles. The monoisotopic (exact) mass is 589 g/mol. The van der Waals surface area contributed by atoms with Gasteiger partial charge in [-0.3, -0.25) is 4.57 Å². The Bertz CT molecular complexity index is 1210. The number of aliphatic hydroxyl groups excluding tert-OH is 2. The van der Waals surface area contributed by atoms with Crippen LogP contribution < -0.4 is 14.8 Å². The largest absolute Gasteiger partial charge is 0.508 e. The first-order chi connectivity index (χ1) is 19.7. The maximum absolute atomic E-state index is 12.3. The molecule has 0 aliphatic rings. The number of hydrogen-bond acceptors (Lipinski definition) is 9. The van der Waals surface area contributed by atoms with Gasteiger partial charge in [-0.15, -0.1) is 0 Å². The molecule has 0 aliphatic heterocycles. The third kappa shape index (κ3) is 12.6. The van der Waals surface area contributed by atoms with Crippen LogP contribution in [0.15, 0.2) is 72.8 Å². The van der Waals surface area contributed by atoms with Gasteiger partial charge < -0.3 is 44.3 Å². The lowest BCUT2D eigenvalue weighted by Crippen LogP contribution is -2.37. The molecule has 0 saturated heterocycles. The average Bonchev–Trinajstić information content (AvgIpc) is 2.97. The number of hydrogen-bond donors (Lipinski definition) is 5. The Labute approximate surface area is 241 Å². The summed E-state index contributed by atoms with van der Waals surface area (Å²) in [5.41, 5.74) is 2.45. The first kappa shape index (κ1) is 32.6. The van der Waals surface area contributed by atoms with Crippen LogP contribution in [0.5, 0.6) is 17.2 Å². The van der Waals surface area contributed by atoms with E-state index >= 15 is 0 Å². The van der Waals surface area contributed by atoms with E-state index < -0.39 is 20.0 Å². The van der Waals surface area contributed by atoms with Gasteiger partial charge in [-0.25, -0.2) is 0 Å². The van der Waals surface area contributed by atoms with Gasteiger partial charge in [0.25, 0.3) is 0 Å². The molecular weight excluding hydrogens is 549 g/mol. The standard InChI is InChI=1S/C30H40NO9P/c1-23(31-18-27(33)21-38-29-12-13-30(34)26(17-29)19-32)16-24-8-10-28(11-9-24)39-22-41(35,36)40-15-5-14-37-20-25-6-3-2-4-7-25/h2-4,6-13,17,23,27,31-34H,5,14-16,18-22H2,1H3,(H,35,36). The molecule has 3 aromatic rings. The first-order valence-corrected chi connectivity index (χ1v) is 15.3. The molecule has 11 heteroatoms. The van der Waals surface area contributed by atoms with E-state index in [1.807, 2.05) is 49.4 Å². The van der Waals surface area contributed by atoms with Gasteiger partial charge in [0.1, 0.15) is 30.0 Å². The molecular formula is C30H40NO9P. The molecule has 3 atom stereocenters. The van der Waals surface area contributed by atoms with Crippen LogP contribution in [0.4, 0.5) is 0 Å². The minimum absolute atomic E-state index is 0.00922. The van der Waals surface area contributed by atoms with Gasteiger partial charge in [0, 0.05) is 24.8 Å². The average molecular weight is 590 g/mol. The minimum atomic E-state index is -3.89. The molecule has 41 heavy (non-hydrogen) atoms. The van der Waals surface area contributed by atoms with Gasteiger partial charge in [0.15, 0.2) is 6.35 Å². The topological polar surface area (TPSA) is 147 Å². The van der Waals surface area contributed by atoms with Crippen molar-refractivity contribution < 1.29 is 43.5 Å². The quantitative estimate of drug-likeness (QED) is 0.103. The van der Waals surface area contributed by atoms with Crippen LogP contribution in [0.25, 0.3) is 0 Å². The second-order valence-corrected chi connectivity index (χ2v) is 11.5. The Hall–Kier alpha value is -2.95. The lowest BCUT2D eigenvalue weighted by Gasteiger charge is -2.18. The molecule has 0 aliphatic carbocycles. The molecule has 0 radical (unpaired) electrons. The Morgan fingerprint density at radius 1 is 0.927 bits per heavy atom. The van der Waals surface area contributed by atoms with E-state index in [0.717, 1.165) is 11.1 Å². The zero-order chi connectivity index (χ0) is 29.5. The molecule has 0 heterocycles. The number of ether oxygens (including phenoxy) is 3. The highest BCUT2D eigenvalue weighted by molar-refractivity contribution is 7.52. The summed E-state index contributed by atoms with van der Waals surface area (Å²) in [4.78, 5) is 10.0. The van der Waals surface area contributed by atoms with E-state index in [0.29, 0.717) is 49.7 Å². The van der Waals surface area contributed by atoms with Crippen molar-refractivity contribution in [1.29, 1.82) is 0 Å².